The van der Waals surface area contributed by atoms with Crippen LogP contribution in [0.5, 0.6) is 12.0 Å². The molecule has 0 radical (unpaired) electrons. The first-order chi connectivity index (χ1) is 7.24. The van der Waals surface area contributed by atoms with Crippen LogP contribution in [-0.2, 0) is 0 Å². The van der Waals surface area contributed by atoms with Gasteiger partial charge in [-0.25, -0.2) is 0 Å². The van der Waals surface area contributed by atoms with E-state index in [-0.39, 0.29) is 24.5 Å². The molecule has 7 heteroatoms. The zero-order valence-corrected chi connectivity index (χ0v) is 8.34. The van der Waals surface area contributed by atoms with E-state index in [0.717, 1.165) is 0 Å². The number of aliphatic hydroxyl groups is 1. The summed E-state index contributed by atoms with van der Waals surface area (Å²) in [4.78, 5) is 11.4. The highest BCUT2D eigenvalue weighted by Gasteiger charge is 2.16. The lowest BCUT2D eigenvalue weighted by atomic mass is 10.2. The maximum Gasteiger partial charge on any atom is 0.322 e. The molecule has 0 aliphatic heterocycles. The van der Waals surface area contributed by atoms with Gasteiger partial charge in [0.25, 0.3) is 0 Å². The lowest BCUT2D eigenvalue weighted by molar-refractivity contribution is 0.277. The molecule has 1 unspecified atom stereocenters. The van der Waals surface area contributed by atoms with E-state index in [4.69, 9.17) is 19.8 Å². The maximum absolute atomic E-state index is 8.90. The Morgan fingerprint density at radius 1 is 1.27 bits per heavy atom. The van der Waals surface area contributed by atoms with Crippen molar-refractivity contribution < 1.29 is 14.6 Å². The van der Waals surface area contributed by atoms with Crippen molar-refractivity contribution in [2.75, 3.05) is 20.8 Å². The molecule has 0 aromatic carbocycles. The Hall–Kier alpha value is -1.94. The van der Waals surface area contributed by atoms with E-state index < -0.39 is 5.92 Å². The first kappa shape index (κ1) is 11.1. The summed E-state index contributed by atoms with van der Waals surface area (Å²) in [6, 6.07) is 1.95. The van der Waals surface area contributed by atoms with Gasteiger partial charge in [-0.2, -0.15) is 15.2 Å². The van der Waals surface area contributed by atoms with Gasteiger partial charge in [-0.05, 0) is 0 Å². The Bertz CT molecular complexity index is 354. The second-order valence-corrected chi connectivity index (χ2v) is 2.53. The molecule has 0 spiro atoms. The van der Waals surface area contributed by atoms with Crippen molar-refractivity contribution in [2.45, 2.75) is 5.92 Å². The topological polar surface area (TPSA) is 101 Å². The van der Waals surface area contributed by atoms with Crippen molar-refractivity contribution in [3.63, 3.8) is 0 Å². The van der Waals surface area contributed by atoms with Crippen LogP contribution < -0.4 is 9.47 Å². The van der Waals surface area contributed by atoms with Crippen molar-refractivity contribution in [2.24, 2.45) is 0 Å². The van der Waals surface area contributed by atoms with Crippen molar-refractivity contribution in [3.8, 4) is 18.1 Å². The molecule has 0 fully saturated rings. The summed E-state index contributed by atoms with van der Waals surface area (Å²) in [6.45, 7) is -0.368. The Balaban J connectivity index is 3.12. The molecular weight excluding hydrogens is 200 g/mol. The molecule has 1 aromatic heterocycles. The van der Waals surface area contributed by atoms with Gasteiger partial charge in [0, 0.05) is 0 Å². The fourth-order valence-electron chi connectivity index (χ4n) is 0.871. The zero-order valence-electron chi connectivity index (χ0n) is 8.34. The molecule has 1 aromatic rings. The number of nitriles is 1. The van der Waals surface area contributed by atoms with Gasteiger partial charge in [0.15, 0.2) is 5.82 Å². The van der Waals surface area contributed by atoms with Crippen molar-refractivity contribution in [1.29, 1.82) is 5.26 Å². The van der Waals surface area contributed by atoms with Gasteiger partial charge in [-0.3, -0.25) is 0 Å². The Morgan fingerprint density at radius 3 is 2.13 bits per heavy atom. The van der Waals surface area contributed by atoms with Gasteiger partial charge in [0.05, 0.1) is 26.9 Å². The number of rotatable bonds is 4. The van der Waals surface area contributed by atoms with Crippen LogP contribution >= 0.6 is 0 Å². The molecule has 1 N–H and O–H groups in total. The normalized spacial score (nSPS) is 11.6. The molecule has 0 saturated heterocycles. The average Bonchev–Trinajstić information content (AvgIpc) is 2.30. The van der Waals surface area contributed by atoms with E-state index in [1.165, 1.54) is 14.2 Å². The standard InChI is InChI=1S/C8H10N4O3/c1-14-7-10-6(5(3-9)4-13)11-8(12-7)15-2/h5,13H,4H2,1-2H3. The largest absolute Gasteiger partial charge is 0.467 e. The third-order valence-corrected chi connectivity index (χ3v) is 1.63. The Morgan fingerprint density at radius 2 is 1.80 bits per heavy atom. The van der Waals surface area contributed by atoms with Crippen molar-refractivity contribution in [1.82, 2.24) is 15.0 Å². The van der Waals surface area contributed by atoms with Crippen molar-refractivity contribution in [3.05, 3.63) is 5.82 Å². The van der Waals surface area contributed by atoms with Gasteiger partial charge in [0.2, 0.25) is 0 Å². The van der Waals surface area contributed by atoms with E-state index in [1.54, 1.807) is 0 Å². The van der Waals surface area contributed by atoms with Crippen LogP contribution in [0.15, 0.2) is 0 Å². The van der Waals surface area contributed by atoms with Gasteiger partial charge in [0.1, 0.15) is 5.92 Å². The fourth-order valence-corrected chi connectivity index (χ4v) is 0.871. The van der Waals surface area contributed by atoms with E-state index >= 15 is 0 Å². The molecule has 15 heavy (non-hydrogen) atoms. The first-order valence-corrected chi connectivity index (χ1v) is 4.09. The van der Waals surface area contributed by atoms with Crippen LogP contribution in [0.3, 0.4) is 0 Å². The minimum Gasteiger partial charge on any atom is -0.467 e. The third kappa shape index (κ3) is 2.51. The highest BCUT2D eigenvalue weighted by Crippen LogP contribution is 2.15. The summed E-state index contributed by atoms with van der Waals surface area (Å²) in [5, 5.41) is 17.6. The highest BCUT2D eigenvalue weighted by atomic mass is 16.5. The highest BCUT2D eigenvalue weighted by molar-refractivity contribution is 5.14. The average molecular weight is 210 g/mol. The van der Waals surface area contributed by atoms with Crippen LogP contribution in [0, 0.1) is 11.3 Å². The number of ether oxygens (including phenoxy) is 2. The van der Waals surface area contributed by atoms with Gasteiger partial charge < -0.3 is 14.6 Å². The minimum atomic E-state index is -0.809. The monoisotopic (exact) mass is 210 g/mol. The Labute approximate surface area is 86.3 Å². The summed E-state index contributed by atoms with van der Waals surface area (Å²) in [5.74, 6) is -0.681. The van der Waals surface area contributed by atoms with Crippen LogP contribution in [0.1, 0.15) is 11.7 Å². The van der Waals surface area contributed by atoms with E-state index in [0.29, 0.717) is 0 Å². The number of nitrogens with zero attached hydrogens (tertiary/aromatic N) is 4. The van der Waals surface area contributed by atoms with Gasteiger partial charge in [-0.1, -0.05) is 0 Å². The summed E-state index contributed by atoms with van der Waals surface area (Å²) in [5.41, 5.74) is 0. The summed E-state index contributed by atoms with van der Waals surface area (Å²) in [7, 11) is 2.78. The van der Waals surface area contributed by atoms with E-state index in [2.05, 4.69) is 15.0 Å². The number of hydrogen-bond donors (Lipinski definition) is 1. The van der Waals surface area contributed by atoms with Gasteiger partial charge >= 0.3 is 12.0 Å². The molecule has 1 heterocycles. The van der Waals surface area contributed by atoms with Crippen LogP contribution in [0.4, 0.5) is 0 Å². The molecule has 0 aliphatic carbocycles. The molecule has 80 valence electrons. The quantitative estimate of drug-likeness (QED) is 0.713. The zero-order chi connectivity index (χ0) is 11.3. The number of aromatic nitrogens is 3. The van der Waals surface area contributed by atoms with Crippen molar-refractivity contribution >= 4 is 0 Å². The lowest BCUT2D eigenvalue weighted by Crippen LogP contribution is -2.10. The van der Waals surface area contributed by atoms with Crippen LogP contribution in [0.25, 0.3) is 0 Å². The van der Waals surface area contributed by atoms with Crippen LogP contribution in [0.2, 0.25) is 0 Å². The molecule has 1 atom stereocenters. The number of aliphatic hydroxyl groups excluding tert-OH is 1. The third-order valence-electron chi connectivity index (χ3n) is 1.63. The van der Waals surface area contributed by atoms with Gasteiger partial charge in [-0.15, -0.1) is 4.98 Å². The lowest BCUT2D eigenvalue weighted by Gasteiger charge is -2.06. The number of methoxy groups -OCH3 is 2. The fraction of sp³-hybridized carbons (Fsp3) is 0.500. The first-order valence-electron chi connectivity index (χ1n) is 4.09. The molecular formula is C8H10N4O3. The SMILES string of the molecule is COc1nc(OC)nc(C(C#N)CO)n1. The van der Waals surface area contributed by atoms with Crippen LogP contribution in [-0.4, -0.2) is 40.9 Å². The molecule has 0 aliphatic rings. The van der Waals surface area contributed by atoms with E-state index in [1.807, 2.05) is 6.07 Å². The smallest absolute Gasteiger partial charge is 0.322 e. The summed E-state index contributed by atoms with van der Waals surface area (Å²) < 4.78 is 9.61. The predicted molar refractivity (Wildman–Crippen MR) is 48.4 cm³/mol. The second kappa shape index (κ2) is 5.07. The predicted octanol–water partition coefficient (Wildman–Crippen LogP) is -0.512. The number of hydrogen-bond acceptors (Lipinski definition) is 7. The summed E-state index contributed by atoms with van der Waals surface area (Å²) >= 11 is 0. The molecule has 0 saturated carbocycles. The second-order valence-electron chi connectivity index (χ2n) is 2.53. The molecule has 0 amide bonds. The molecule has 0 bridgehead atoms. The van der Waals surface area contributed by atoms with E-state index in [9.17, 15) is 0 Å². The maximum atomic E-state index is 8.90. The molecule has 1 rings (SSSR count). The minimum absolute atomic E-state index is 0.0468. The summed E-state index contributed by atoms with van der Waals surface area (Å²) in [6.07, 6.45) is 0. The molecule has 7 nitrogen and oxygen atoms in total. The Kier molecular flexibility index (Phi) is 3.76.